The van der Waals surface area contributed by atoms with Crippen LogP contribution < -0.4 is 10.1 Å². The third-order valence-corrected chi connectivity index (χ3v) is 3.38. The lowest BCUT2D eigenvalue weighted by molar-refractivity contribution is 0.467. The summed E-state index contributed by atoms with van der Waals surface area (Å²) in [6.45, 7) is 4.90. The summed E-state index contributed by atoms with van der Waals surface area (Å²) < 4.78 is 6.75. The van der Waals surface area contributed by atoms with Crippen molar-refractivity contribution in [2.45, 2.75) is 26.4 Å². The number of nitrogens with one attached hydrogen (secondary N) is 1. The zero-order valence-electron chi connectivity index (χ0n) is 11.4. The van der Waals surface area contributed by atoms with Crippen molar-refractivity contribution in [3.8, 4) is 11.5 Å². The molecule has 5 heteroatoms. The van der Waals surface area contributed by atoms with Gasteiger partial charge in [-0.15, -0.1) is 0 Å². The molecule has 0 aliphatic rings. The molecule has 20 heavy (non-hydrogen) atoms. The quantitative estimate of drug-likeness (QED) is 0.837. The Balaban J connectivity index is 2.25. The largest absolute Gasteiger partial charge is 0.454 e. The van der Waals surface area contributed by atoms with Crippen LogP contribution in [-0.2, 0) is 6.54 Å². The van der Waals surface area contributed by atoms with Crippen LogP contribution in [0.25, 0.3) is 0 Å². The van der Waals surface area contributed by atoms with Gasteiger partial charge in [-0.25, -0.2) is 0 Å². The highest BCUT2D eigenvalue weighted by Crippen LogP contribution is 2.33. The highest BCUT2D eigenvalue weighted by molar-refractivity contribution is 9.10. The summed E-state index contributed by atoms with van der Waals surface area (Å²) in [5.41, 5.74) is 1.02. The number of benzene rings is 1. The standard InChI is InChI=1S/C15H16BrClN2O/c1-10(2)19-7-11-4-3-5-14(17)15(11)20-13-6-12(16)8-18-9-13/h3-6,8-10,19H,7H2,1-2H3. The van der Waals surface area contributed by atoms with Gasteiger partial charge in [0.2, 0.25) is 0 Å². The monoisotopic (exact) mass is 354 g/mol. The summed E-state index contributed by atoms with van der Waals surface area (Å²) >= 11 is 9.62. The van der Waals surface area contributed by atoms with E-state index in [1.807, 2.05) is 24.3 Å². The highest BCUT2D eigenvalue weighted by atomic mass is 79.9. The van der Waals surface area contributed by atoms with Crippen LogP contribution in [0, 0.1) is 0 Å². The van der Waals surface area contributed by atoms with E-state index in [0.29, 0.717) is 29.1 Å². The zero-order chi connectivity index (χ0) is 14.5. The van der Waals surface area contributed by atoms with Crippen LogP contribution in [0.4, 0.5) is 0 Å². The van der Waals surface area contributed by atoms with Crippen molar-refractivity contribution in [1.29, 1.82) is 0 Å². The molecule has 0 bridgehead atoms. The van der Waals surface area contributed by atoms with Crippen molar-refractivity contribution in [2.24, 2.45) is 0 Å². The molecule has 0 fully saturated rings. The van der Waals surface area contributed by atoms with Crippen LogP contribution in [0.2, 0.25) is 5.02 Å². The van der Waals surface area contributed by atoms with E-state index in [4.69, 9.17) is 16.3 Å². The third kappa shape index (κ3) is 4.20. The van der Waals surface area contributed by atoms with Crippen molar-refractivity contribution < 1.29 is 4.74 Å². The average Bonchev–Trinajstić information content (AvgIpc) is 2.39. The van der Waals surface area contributed by atoms with E-state index in [2.05, 4.69) is 40.1 Å². The molecule has 0 amide bonds. The van der Waals surface area contributed by atoms with E-state index in [9.17, 15) is 0 Å². The first-order chi connectivity index (χ1) is 9.56. The lowest BCUT2D eigenvalue weighted by Gasteiger charge is -2.14. The van der Waals surface area contributed by atoms with Crippen LogP contribution in [0.1, 0.15) is 19.4 Å². The van der Waals surface area contributed by atoms with Crippen LogP contribution >= 0.6 is 27.5 Å². The number of ether oxygens (including phenoxy) is 1. The van der Waals surface area contributed by atoms with Gasteiger partial charge in [-0.3, -0.25) is 4.98 Å². The Labute approximate surface area is 132 Å². The van der Waals surface area contributed by atoms with Gasteiger partial charge < -0.3 is 10.1 Å². The predicted molar refractivity (Wildman–Crippen MR) is 85.4 cm³/mol. The second-order valence-electron chi connectivity index (χ2n) is 4.70. The molecule has 0 spiro atoms. The SMILES string of the molecule is CC(C)NCc1cccc(Cl)c1Oc1cncc(Br)c1. The maximum Gasteiger partial charge on any atom is 0.150 e. The molecule has 0 saturated heterocycles. The summed E-state index contributed by atoms with van der Waals surface area (Å²) in [7, 11) is 0. The molecule has 1 aromatic heterocycles. The van der Waals surface area contributed by atoms with Gasteiger partial charge in [0.05, 0.1) is 11.2 Å². The van der Waals surface area contributed by atoms with Crippen molar-refractivity contribution in [2.75, 3.05) is 0 Å². The first-order valence-corrected chi connectivity index (χ1v) is 7.52. The maximum absolute atomic E-state index is 6.25. The lowest BCUT2D eigenvalue weighted by Crippen LogP contribution is -2.22. The molecule has 0 radical (unpaired) electrons. The Morgan fingerprint density at radius 2 is 2.15 bits per heavy atom. The minimum Gasteiger partial charge on any atom is -0.454 e. The van der Waals surface area contributed by atoms with E-state index >= 15 is 0 Å². The van der Waals surface area contributed by atoms with Crippen molar-refractivity contribution in [3.05, 3.63) is 51.7 Å². The molecule has 1 aromatic carbocycles. The molecule has 0 aliphatic carbocycles. The number of hydrogen-bond donors (Lipinski definition) is 1. The van der Waals surface area contributed by atoms with Gasteiger partial charge in [0.15, 0.2) is 5.75 Å². The molecule has 1 N–H and O–H groups in total. The first kappa shape index (κ1) is 15.3. The number of rotatable bonds is 5. The fourth-order valence-corrected chi connectivity index (χ4v) is 2.26. The lowest BCUT2D eigenvalue weighted by atomic mass is 10.2. The average molecular weight is 356 g/mol. The topological polar surface area (TPSA) is 34.1 Å². The molecule has 0 unspecified atom stereocenters. The normalized spacial score (nSPS) is 10.8. The van der Waals surface area contributed by atoms with Crippen molar-refractivity contribution in [1.82, 2.24) is 10.3 Å². The Hall–Kier alpha value is -1.10. The van der Waals surface area contributed by atoms with Gasteiger partial charge in [0, 0.05) is 28.8 Å². The molecule has 3 nitrogen and oxygen atoms in total. The summed E-state index contributed by atoms with van der Waals surface area (Å²) in [5, 5.41) is 3.95. The molecule has 0 aliphatic heterocycles. The zero-order valence-corrected chi connectivity index (χ0v) is 13.7. The first-order valence-electron chi connectivity index (χ1n) is 6.35. The second-order valence-corrected chi connectivity index (χ2v) is 6.03. The van der Waals surface area contributed by atoms with Gasteiger partial charge in [0.25, 0.3) is 0 Å². The van der Waals surface area contributed by atoms with E-state index in [1.54, 1.807) is 12.4 Å². The fraction of sp³-hybridized carbons (Fsp3) is 0.267. The van der Waals surface area contributed by atoms with E-state index in [1.165, 1.54) is 0 Å². The van der Waals surface area contributed by atoms with Gasteiger partial charge in [-0.2, -0.15) is 0 Å². The molecule has 106 valence electrons. The van der Waals surface area contributed by atoms with Crippen LogP contribution in [0.3, 0.4) is 0 Å². The Bertz CT molecular complexity index is 590. The second kappa shape index (κ2) is 7.07. The Morgan fingerprint density at radius 1 is 1.35 bits per heavy atom. The van der Waals surface area contributed by atoms with Crippen molar-refractivity contribution >= 4 is 27.5 Å². The predicted octanol–water partition coefficient (Wildman–Crippen LogP) is 4.79. The molecule has 2 aromatic rings. The minimum atomic E-state index is 0.398. The molecule has 2 rings (SSSR count). The molecule has 0 atom stereocenters. The van der Waals surface area contributed by atoms with Gasteiger partial charge in [-0.1, -0.05) is 37.6 Å². The fourth-order valence-electron chi connectivity index (χ4n) is 1.69. The minimum absolute atomic E-state index is 0.398. The van der Waals surface area contributed by atoms with E-state index < -0.39 is 0 Å². The third-order valence-electron chi connectivity index (χ3n) is 2.65. The number of aromatic nitrogens is 1. The van der Waals surface area contributed by atoms with Gasteiger partial charge >= 0.3 is 0 Å². The molecular formula is C15H16BrClN2O. The molecular weight excluding hydrogens is 340 g/mol. The number of halogens is 2. The van der Waals surface area contributed by atoms with Crippen LogP contribution in [0.15, 0.2) is 41.1 Å². The Kier molecular flexibility index (Phi) is 5.40. The molecule has 1 heterocycles. The Morgan fingerprint density at radius 3 is 2.85 bits per heavy atom. The number of para-hydroxylation sites is 1. The van der Waals surface area contributed by atoms with Crippen LogP contribution in [-0.4, -0.2) is 11.0 Å². The molecule has 0 saturated carbocycles. The van der Waals surface area contributed by atoms with Gasteiger partial charge in [-0.05, 0) is 28.1 Å². The number of pyridine rings is 1. The van der Waals surface area contributed by atoms with Gasteiger partial charge in [0.1, 0.15) is 5.75 Å². The summed E-state index contributed by atoms with van der Waals surface area (Å²) in [6.07, 6.45) is 3.37. The highest BCUT2D eigenvalue weighted by Gasteiger charge is 2.10. The summed E-state index contributed by atoms with van der Waals surface area (Å²) in [5.74, 6) is 1.32. The summed E-state index contributed by atoms with van der Waals surface area (Å²) in [6, 6.07) is 8.00. The summed E-state index contributed by atoms with van der Waals surface area (Å²) in [4.78, 5) is 4.08. The van der Waals surface area contributed by atoms with E-state index in [-0.39, 0.29) is 0 Å². The number of nitrogens with zero attached hydrogens (tertiary/aromatic N) is 1. The van der Waals surface area contributed by atoms with Crippen LogP contribution in [0.5, 0.6) is 11.5 Å². The smallest absolute Gasteiger partial charge is 0.150 e. The van der Waals surface area contributed by atoms with Crippen molar-refractivity contribution in [3.63, 3.8) is 0 Å². The van der Waals surface area contributed by atoms with E-state index in [0.717, 1.165) is 10.0 Å². The number of hydrogen-bond acceptors (Lipinski definition) is 3. The maximum atomic E-state index is 6.25.